The fourth-order valence-corrected chi connectivity index (χ4v) is 16.8. The third-order valence-corrected chi connectivity index (χ3v) is 24.1. The summed E-state index contributed by atoms with van der Waals surface area (Å²) in [5.41, 5.74) is 26.0. The Morgan fingerprint density at radius 3 is 1.79 bits per heavy atom. The molecular formula is C84H109ClN20O19S. The fraction of sp³-hybridized carbons (Fsp3) is 0.476. The van der Waals surface area contributed by atoms with Crippen LogP contribution in [0.15, 0.2) is 104 Å². The number of hydrogen-bond donors (Lipinski definition) is 15. The van der Waals surface area contributed by atoms with Gasteiger partial charge in [-0.25, -0.2) is 4.79 Å². The largest absolute Gasteiger partial charge is 0.481 e. The number of para-hydroxylation sites is 2. The molecule has 41 heteroatoms. The Hall–Kier alpha value is -12.7. The minimum Gasteiger partial charge on any atom is -0.481 e. The second-order valence-corrected chi connectivity index (χ2v) is 33.5. The molecule has 2 aliphatic heterocycles. The molecule has 0 radical (unpaired) electrons. The number of pyridine rings is 1. The number of carboxylic acids is 2. The molecule has 6 aromatic rings. The Morgan fingerprint density at radius 2 is 1.14 bits per heavy atom. The number of nitrogens with two attached hydrogens (primary N) is 4. The molecule has 0 bridgehead atoms. The number of fused-ring (bicyclic) bond motifs is 2. The Kier molecular flexibility index (Phi) is 34.7. The van der Waals surface area contributed by atoms with Gasteiger partial charge in [-0.05, 0) is 110 Å². The lowest BCUT2D eigenvalue weighted by Crippen LogP contribution is -2.62. The number of aryl methyl sites for hydroxylation is 2. The standard InChI is InChI=1S/C84H109ClN20O19S/c1-46-70(74(89)114)98-77(117)59(38-51-42-100(2)62-25-7-6-20-53(51)62)95-75(115)56(23-8-9-30-91-84(124)105-33-31-104(32-34-105)44-69(111)112)93-76(116)58(39-52-43-101(3)72-54(52)21-12-22-55(72)85)96-79(119)63(27-28-68(109)110)102(4)82(122)57(24-13-26-65(86)106)94-81(121)71(49-17-11-18-49)99-78(118)60(40-66(87)107)97-80(120)64(37-48-16-14-29-90-41-48)103(5)83(123)61(92-67(108)45-125-46)36-47-15-10-19-50(35-47)73(88)113/h6-7,10,12,14-16,19-22,25,29,35,41-43,46,49,56-61,63-64,70-71H,8-9,11,13,17-18,23-24,26-28,30-34,36-40,44-45H2,1-5H3,(H2,86,106)(H2,87,107)(H2,88,113)(H2,89,114)(H,91,124)(H,92,108)(H,93,116)(H,94,121)(H,95,115)(H,96,119)(H,97,120)(H,98,117)(H,99,118)(H,109,110)(H,111,112)/t46-,56-,57-,58-,59-,60-,61+,63-,64-,70?,71-/m0/s1. The van der Waals surface area contributed by atoms with Crippen LogP contribution in [-0.4, -0.2) is 269 Å². The smallest absolute Gasteiger partial charge is 0.317 e. The first-order valence-electron chi connectivity index (χ1n) is 41.1. The highest BCUT2D eigenvalue weighted by Gasteiger charge is 2.43. The van der Waals surface area contributed by atoms with Gasteiger partial charge in [0, 0.05) is 151 Å². The van der Waals surface area contributed by atoms with E-state index in [0.717, 1.165) is 28.6 Å². The number of unbranched alkanes of at least 4 members (excludes halogenated alkanes) is 1. The Bertz CT molecular complexity index is 5000. The highest BCUT2D eigenvalue weighted by atomic mass is 35.5. The van der Waals surface area contributed by atoms with Gasteiger partial charge in [0.25, 0.3) is 0 Å². The van der Waals surface area contributed by atoms with E-state index in [1.54, 1.807) is 89.1 Å². The van der Waals surface area contributed by atoms with Gasteiger partial charge in [-0.15, -0.1) is 11.8 Å². The summed E-state index contributed by atoms with van der Waals surface area (Å²) in [5, 5.41) is 44.4. The van der Waals surface area contributed by atoms with Gasteiger partial charge in [-0.1, -0.05) is 73.5 Å². The van der Waals surface area contributed by atoms with E-state index in [4.69, 9.17) is 34.5 Å². The summed E-state index contributed by atoms with van der Waals surface area (Å²) >= 11 is 7.58. The zero-order chi connectivity index (χ0) is 91.0. The predicted molar refractivity (Wildman–Crippen MR) is 459 cm³/mol. The van der Waals surface area contributed by atoms with Crippen LogP contribution in [0.3, 0.4) is 0 Å². The number of halogens is 1. The molecule has 11 atom stereocenters. The molecule has 5 heterocycles. The molecule has 39 nitrogen and oxygen atoms in total. The van der Waals surface area contributed by atoms with Crippen molar-refractivity contribution >= 4 is 146 Å². The van der Waals surface area contributed by atoms with Crippen LogP contribution in [0.25, 0.3) is 21.8 Å². The number of hydrogen-bond acceptors (Lipinski definition) is 20. The number of aliphatic carboxylic acids is 2. The molecular weight excluding hydrogens is 1660 g/mol. The van der Waals surface area contributed by atoms with Crippen molar-refractivity contribution in [3.05, 3.63) is 136 Å². The molecule has 3 aromatic carbocycles. The monoisotopic (exact) mass is 1770 g/mol. The molecule has 1 saturated carbocycles. The van der Waals surface area contributed by atoms with Crippen LogP contribution >= 0.6 is 23.4 Å². The number of urea groups is 1. The van der Waals surface area contributed by atoms with Crippen LogP contribution < -0.4 is 70.8 Å². The molecule has 0 spiro atoms. The molecule has 3 aromatic heterocycles. The van der Waals surface area contributed by atoms with Gasteiger partial charge in [0.15, 0.2) is 0 Å². The van der Waals surface area contributed by atoms with E-state index >= 15 is 38.4 Å². The quantitative estimate of drug-likeness (QED) is 0.0276. The molecule has 125 heavy (non-hydrogen) atoms. The minimum absolute atomic E-state index is 0.0179. The topological polar surface area (TPSA) is 579 Å². The summed E-state index contributed by atoms with van der Waals surface area (Å²) in [6.07, 6.45) is 2.68. The highest BCUT2D eigenvalue weighted by molar-refractivity contribution is 8.00. The number of likely N-dealkylation sites (N-methyl/N-ethyl adjacent to an activating group) is 2. The maximum Gasteiger partial charge on any atom is 0.317 e. The minimum atomic E-state index is -1.90. The van der Waals surface area contributed by atoms with Crippen molar-refractivity contribution in [2.45, 2.75) is 175 Å². The van der Waals surface area contributed by atoms with Crippen LogP contribution in [0.5, 0.6) is 0 Å². The number of carbonyl (C=O) groups is 17. The van der Waals surface area contributed by atoms with Crippen molar-refractivity contribution in [1.29, 1.82) is 0 Å². The van der Waals surface area contributed by atoms with Gasteiger partial charge < -0.3 is 105 Å². The van der Waals surface area contributed by atoms with Gasteiger partial charge in [0.2, 0.25) is 82.7 Å². The van der Waals surface area contributed by atoms with Crippen molar-refractivity contribution < 1.29 is 91.7 Å². The number of piperazine rings is 1. The predicted octanol–water partition coefficient (Wildman–Crippen LogP) is -0.981. The molecule has 16 amide bonds. The van der Waals surface area contributed by atoms with Crippen molar-refractivity contribution in [2.24, 2.45) is 42.9 Å². The van der Waals surface area contributed by atoms with E-state index in [0.29, 0.717) is 75.9 Å². The summed E-state index contributed by atoms with van der Waals surface area (Å²) < 4.78 is 3.45. The van der Waals surface area contributed by atoms with Crippen LogP contribution in [0.2, 0.25) is 5.02 Å². The van der Waals surface area contributed by atoms with Crippen molar-refractivity contribution in [3.63, 3.8) is 0 Å². The maximum absolute atomic E-state index is 15.8. The summed E-state index contributed by atoms with van der Waals surface area (Å²) in [5.74, 6) is -17.8. The number of thioether (sulfide) groups is 1. The molecule has 1 unspecified atom stereocenters. The lowest BCUT2D eigenvalue weighted by molar-refractivity contribution is -0.145. The molecule has 1 aliphatic carbocycles. The van der Waals surface area contributed by atoms with Crippen LogP contribution in [0.1, 0.15) is 117 Å². The number of rotatable bonds is 27. The number of carbonyl (C=O) groups excluding carboxylic acids is 15. The van der Waals surface area contributed by atoms with E-state index < -0.39 is 204 Å². The summed E-state index contributed by atoms with van der Waals surface area (Å²) in [6, 6.07) is 3.62. The van der Waals surface area contributed by atoms with Gasteiger partial charge in [-0.2, -0.15) is 0 Å². The van der Waals surface area contributed by atoms with Gasteiger partial charge in [0.1, 0.15) is 60.4 Å². The van der Waals surface area contributed by atoms with Crippen molar-refractivity contribution in [2.75, 3.05) is 59.1 Å². The number of aromatic nitrogens is 3. The second-order valence-electron chi connectivity index (χ2n) is 31.7. The lowest BCUT2D eigenvalue weighted by Gasteiger charge is -2.36. The normalized spacial score (nSPS) is 22.8. The van der Waals surface area contributed by atoms with E-state index in [2.05, 4.69) is 52.8 Å². The Labute approximate surface area is 729 Å². The number of benzene rings is 3. The maximum atomic E-state index is 15.8. The molecule has 3 aliphatic rings. The summed E-state index contributed by atoms with van der Waals surface area (Å²) in [4.78, 5) is 252. The number of carboxylic acid groups (broad SMARTS) is 2. The third-order valence-electron chi connectivity index (χ3n) is 22.6. The highest BCUT2D eigenvalue weighted by Crippen LogP contribution is 2.32. The van der Waals surface area contributed by atoms with E-state index in [1.165, 1.54) is 55.5 Å². The number of amides is 16. The van der Waals surface area contributed by atoms with Gasteiger partial charge >= 0.3 is 18.0 Å². The first kappa shape index (κ1) is 96.1. The fourth-order valence-electron chi connectivity index (χ4n) is 15.6. The van der Waals surface area contributed by atoms with Gasteiger partial charge in [0.05, 0.1) is 29.3 Å². The molecule has 19 N–H and O–H groups in total. The Balaban J connectivity index is 1.15. The van der Waals surface area contributed by atoms with E-state index in [9.17, 15) is 53.4 Å². The molecule has 672 valence electrons. The SMILES string of the molecule is C[C@@H]1SCC(=O)N[C@H](Cc2cccc(C(N)=O)c2)C(=O)N(C)[C@@H](Cc2cccnc2)C(=O)N[C@@H](CC(N)=O)C(=O)N[C@@H](C2CCC2)C(=O)N[C@@H](CCCC(N)=O)C(=O)N(C)[C@@H](CCC(=O)O)C(=O)N[C@@H](Cc2cn(C)c3c(Cl)cccc23)C(=O)N[C@@H](CCCCNC(=O)N2CCN(CC(=O)O)CC2)C(=O)N[C@@H](Cc2cn(C)c3ccccc23)C(=O)NC1C(N)=O. The summed E-state index contributed by atoms with van der Waals surface area (Å²) in [7, 11) is 5.79. The number of nitrogens with zero attached hydrogens (tertiary/aromatic N) is 7. The number of primary amides is 4. The van der Waals surface area contributed by atoms with Gasteiger partial charge in [-0.3, -0.25) is 86.6 Å². The second kappa shape index (κ2) is 45.1. The molecule has 2 saturated heterocycles. The average molecular weight is 1770 g/mol. The first-order valence-corrected chi connectivity index (χ1v) is 42.5. The third kappa shape index (κ3) is 26.9. The molecule has 3 fully saturated rings. The lowest BCUT2D eigenvalue weighted by atomic mass is 9.79. The van der Waals surface area contributed by atoms with Crippen LogP contribution in [0, 0.1) is 5.92 Å². The van der Waals surface area contributed by atoms with E-state index in [-0.39, 0.29) is 95.1 Å². The number of nitrogens with one attached hydrogen (secondary N) is 9. The average Bonchev–Trinajstić information content (AvgIpc) is 1.66. The van der Waals surface area contributed by atoms with Crippen LogP contribution in [0.4, 0.5) is 4.79 Å². The van der Waals surface area contributed by atoms with Crippen LogP contribution in [-0.2, 0) is 112 Å². The zero-order valence-electron chi connectivity index (χ0n) is 70.1. The van der Waals surface area contributed by atoms with Crippen molar-refractivity contribution in [3.8, 4) is 0 Å². The zero-order valence-corrected chi connectivity index (χ0v) is 71.6. The molecule has 9 rings (SSSR count). The Morgan fingerprint density at radius 1 is 0.552 bits per heavy atom. The van der Waals surface area contributed by atoms with E-state index in [1.807, 2.05) is 6.07 Å². The summed E-state index contributed by atoms with van der Waals surface area (Å²) in [6.45, 7) is 2.29. The first-order chi connectivity index (χ1) is 59.4. The van der Waals surface area contributed by atoms with Crippen molar-refractivity contribution in [1.82, 2.24) is 81.6 Å².